The summed E-state index contributed by atoms with van der Waals surface area (Å²) < 4.78 is 17.3. The maximum Gasteiger partial charge on any atom is 0.249 e. The smallest absolute Gasteiger partial charge is 0.249 e. The van der Waals surface area contributed by atoms with Crippen LogP contribution < -0.4 is 27.8 Å². The average Bonchev–Trinajstić information content (AvgIpc) is 1.61. The number of anilines is 3. The van der Waals surface area contributed by atoms with E-state index < -0.39 is 0 Å². The number of benzene rings is 6. The summed E-state index contributed by atoms with van der Waals surface area (Å²) in [5, 5.41) is 9.55. The number of imidazole rings is 3. The van der Waals surface area contributed by atoms with Gasteiger partial charge in [0.1, 0.15) is 74.7 Å². The molecule has 118 heavy (non-hydrogen) atoms. The van der Waals surface area contributed by atoms with Crippen LogP contribution in [-0.4, -0.2) is 134 Å². The van der Waals surface area contributed by atoms with Gasteiger partial charge in [0.2, 0.25) is 11.8 Å². The Morgan fingerprint density at radius 3 is 1.12 bits per heavy atom. The normalized spacial score (nSPS) is 20.1. The van der Waals surface area contributed by atoms with Crippen molar-refractivity contribution in [2.24, 2.45) is 23.7 Å². The molecule has 598 valence electrons. The van der Waals surface area contributed by atoms with Gasteiger partial charge in [-0.2, -0.15) is 0 Å². The fourth-order valence-corrected chi connectivity index (χ4v) is 18.5. The van der Waals surface area contributed by atoms with Gasteiger partial charge in [0.05, 0.1) is 46.2 Å². The zero-order valence-electron chi connectivity index (χ0n) is 66.9. The molecule has 0 radical (unpaired) electrons. The summed E-state index contributed by atoms with van der Waals surface area (Å²) in [5.41, 5.74) is 36.4. The summed E-state index contributed by atoms with van der Waals surface area (Å²) in [6.07, 6.45) is 26.6. The predicted molar refractivity (Wildman–Crippen MR) is 467 cm³/mol. The number of nitrogens with one attached hydrogen (secondary N) is 2. The number of carbonyl (C=O) groups is 2. The van der Waals surface area contributed by atoms with E-state index in [0.717, 1.165) is 237 Å². The summed E-state index contributed by atoms with van der Waals surface area (Å²) in [6.45, 7) is 4.54. The topological polar surface area (TPSA) is 287 Å². The van der Waals surface area contributed by atoms with Crippen molar-refractivity contribution in [2.45, 2.75) is 120 Å². The summed E-state index contributed by atoms with van der Waals surface area (Å²) in [7, 11) is 4.33. The van der Waals surface area contributed by atoms with Gasteiger partial charge in [-0.25, -0.2) is 44.9 Å². The summed E-state index contributed by atoms with van der Waals surface area (Å²) >= 11 is 0. The van der Waals surface area contributed by atoms with Crippen molar-refractivity contribution < 1.29 is 19.1 Å². The molecule has 6 aromatic carbocycles. The van der Waals surface area contributed by atoms with Crippen LogP contribution in [-0.2, 0) is 19.1 Å². The number of aromatic nitrogens is 12. The van der Waals surface area contributed by atoms with Gasteiger partial charge in [0, 0.05) is 137 Å². The minimum atomic E-state index is -0.268. The number of rotatable bonds is 17. The molecule has 20 rings (SSSR count). The summed E-state index contributed by atoms with van der Waals surface area (Å²) in [6, 6.07) is 62.3. The highest BCUT2D eigenvalue weighted by Crippen LogP contribution is 2.44. The van der Waals surface area contributed by atoms with Gasteiger partial charge < -0.3 is 42.2 Å². The molecule has 2 unspecified atom stereocenters. The number of carbonyl (C=O) groups excluding carboxylic acids is 2. The van der Waals surface area contributed by atoms with Crippen molar-refractivity contribution in [3.8, 4) is 67.5 Å². The molecule has 0 spiro atoms. The van der Waals surface area contributed by atoms with Crippen molar-refractivity contribution in [2.75, 3.05) is 70.8 Å². The van der Waals surface area contributed by atoms with E-state index in [0.29, 0.717) is 73.4 Å². The zero-order valence-corrected chi connectivity index (χ0v) is 66.9. The molecule has 5 fully saturated rings. The van der Waals surface area contributed by atoms with Crippen LogP contribution in [0.4, 0.5) is 17.5 Å². The molecule has 2 amide bonds. The van der Waals surface area contributed by atoms with Crippen LogP contribution in [0.3, 0.4) is 0 Å². The first-order valence-electron chi connectivity index (χ1n) is 42.0. The number of ether oxygens (including phenoxy) is 2. The van der Waals surface area contributed by atoms with Gasteiger partial charge in [-0.15, -0.1) is 0 Å². The average molecular weight is 1570 g/mol. The first kappa shape index (κ1) is 76.9. The zero-order chi connectivity index (χ0) is 80.2. The molecule has 2 saturated heterocycles. The molecular weight excluding hydrogens is 1470 g/mol. The van der Waals surface area contributed by atoms with E-state index in [1.807, 2.05) is 73.2 Å². The second-order valence-electron chi connectivity index (χ2n) is 32.9. The Balaban J connectivity index is 0.000000122. The van der Waals surface area contributed by atoms with Crippen molar-refractivity contribution in [3.63, 3.8) is 0 Å². The van der Waals surface area contributed by atoms with Crippen molar-refractivity contribution in [1.82, 2.24) is 73.6 Å². The Kier molecular flexibility index (Phi) is 22.4. The lowest BCUT2D eigenvalue weighted by atomic mass is 9.81. The van der Waals surface area contributed by atoms with Gasteiger partial charge >= 0.3 is 0 Å². The molecule has 22 nitrogen and oxygen atoms in total. The van der Waals surface area contributed by atoms with E-state index in [1.165, 1.54) is 12.8 Å². The van der Waals surface area contributed by atoms with Crippen LogP contribution in [0.25, 0.3) is 117 Å². The highest BCUT2D eigenvalue weighted by Gasteiger charge is 2.34. The van der Waals surface area contributed by atoms with Crippen LogP contribution >= 0.6 is 0 Å². The van der Waals surface area contributed by atoms with E-state index in [2.05, 4.69) is 185 Å². The number of amides is 2. The Morgan fingerprint density at radius 2 is 0.771 bits per heavy atom. The maximum absolute atomic E-state index is 12.4. The third kappa shape index (κ3) is 16.4. The van der Waals surface area contributed by atoms with E-state index in [1.54, 1.807) is 18.6 Å². The van der Waals surface area contributed by atoms with E-state index in [9.17, 15) is 9.59 Å². The first-order valence-corrected chi connectivity index (χ1v) is 42.0. The number of nitrogens with two attached hydrogens (primary N) is 3. The molecule has 9 aromatic heterocycles. The van der Waals surface area contributed by atoms with Gasteiger partial charge in [-0.05, 0) is 165 Å². The lowest BCUT2D eigenvalue weighted by Gasteiger charge is -2.29. The van der Waals surface area contributed by atoms with Crippen molar-refractivity contribution in [1.29, 1.82) is 0 Å². The molecule has 8 N–H and O–H groups in total. The Hall–Kier alpha value is -12.4. The minimum Gasteiger partial charge on any atom is -0.382 e. The predicted octanol–water partition coefficient (Wildman–Crippen LogP) is 17.4. The van der Waals surface area contributed by atoms with Crippen LogP contribution in [0.1, 0.15) is 132 Å². The number of nitrogens with zero attached hydrogens (tertiary/aromatic N) is 13. The molecule has 3 aliphatic carbocycles. The Labute approximate surface area is 686 Å². The summed E-state index contributed by atoms with van der Waals surface area (Å²) in [5.74, 6) is 7.57. The van der Waals surface area contributed by atoms with Crippen LogP contribution in [0.5, 0.6) is 0 Å². The van der Waals surface area contributed by atoms with Gasteiger partial charge in [0.25, 0.3) is 0 Å². The highest BCUT2D eigenvalue weighted by atomic mass is 16.5. The van der Waals surface area contributed by atoms with Gasteiger partial charge in [-0.3, -0.25) is 22.8 Å². The van der Waals surface area contributed by atoms with Crippen LogP contribution in [0, 0.1) is 23.7 Å². The molecule has 11 heterocycles. The molecule has 2 atom stereocenters. The van der Waals surface area contributed by atoms with Gasteiger partial charge in [-0.1, -0.05) is 146 Å². The molecule has 22 heteroatoms. The third-order valence-corrected chi connectivity index (χ3v) is 24.8. The van der Waals surface area contributed by atoms with Crippen molar-refractivity contribution >= 4 is 78.5 Å². The van der Waals surface area contributed by atoms with E-state index in [-0.39, 0.29) is 23.8 Å². The number of nitrogen functional groups attached to an aromatic ring is 3. The monoisotopic (exact) mass is 1570 g/mol. The third-order valence-electron chi connectivity index (χ3n) is 24.8. The first-order chi connectivity index (χ1) is 57.8. The van der Waals surface area contributed by atoms with Crippen LogP contribution in [0.2, 0.25) is 0 Å². The molecular formula is C96H100N18O4. The number of fused-ring (bicyclic) bond motifs is 6. The van der Waals surface area contributed by atoms with E-state index >= 15 is 0 Å². The highest BCUT2D eigenvalue weighted by molar-refractivity contribution is 5.95. The number of hydrogen-bond donors (Lipinski definition) is 5. The Bertz CT molecular complexity index is 5840. The molecule has 2 aliphatic heterocycles. The SMILES string of the molecule is CN(C)CC1CCC(c2nc(-c3ccc4ccc(-c5ccccc5)nc4c3)c3c(N)nccn23)CC1.Nc1nccn2c(C3CCC(CNC(=O)C4CCCO4)CC3)nc(-c3ccc4ccc(-c5ccccc5)nc4c3)c12.Nc1nccn2c(C3CCC(CNC(=O)C4CCOC4)CC3)nc(-c3ccc4ccc(-c5ccccc5)nc4c3)c12. The minimum absolute atomic E-state index is 0.00958. The quantitative estimate of drug-likeness (QED) is 0.0566. The van der Waals surface area contributed by atoms with Crippen LogP contribution in [0.15, 0.2) is 219 Å². The van der Waals surface area contributed by atoms with E-state index in [4.69, 9.17) is 56.6 Å². The lowest BCUT2D eigenvalue weighted by molar-refractivity contribution is -0.130. The fraction of sp³-hybridized carbons (Fsp3) is 0.323. The Morgan fingerprint density at radius 1 is 0.407 bits per heavy atom. The molecule has 3 saturated carbocycles. The standard InChI is InChI=1S/2C33H34N6O2.C30H32N6/c34-31-30-29(25-13-12-23-14-15-26(37-27(23)19-25)22-5-2-1-3-6-22)38-32(39(30)17-16-35-31)24-10-8-21(9-11-24)20-36-33(40)28-7-4-18-41-28;34-31-30-29(25-11-10-23-12-13-27(37-28(23)18-25)22-4-2-1-3-5-22)38-32(39(30)16-15-35-31)24-8-6-21(7-9-24)19-36-33(40)26-14-17-41-20-26;1-35(2)19-20-8-10-23(11-9-20)30-34-27(28-29(31)32-16-17-36(28)30)24-13-12-22-14-15-25(33-26(22)18-24)21-6-4-3-5-7-21/h1-3,5-6,12-17,19,21,24,28H,4,7-11,18,20H2,(H2,34,35)(H,36,40);1-5,10-13,15-16,18,21,24,26H,6-9,14,17,19-20H2,(H2,34,35)(H,36,40);3-7,12-18,20,23H,8-11,19H2,1-2H3,(H2,31,32). The fourth-order valence-electron chi connectivity index (χ4n) is 18.5. The maximum atomic E-state index is 12.4. The summed E-state index contributed by atoms with van der Waals surface area (Å²) in [4.78, 5) is 70.9. The number of pyridine rings is 3. The molecule has 0 bridgehead atoms. The largest absolute Gasteiger partial charge is 0.382 e. The second-order valence-corrected chi connectivity index (χ2v) is 32.9. The molecule has 5 aliphatic rings. The lowest BCUT2D eigenvalue weighted by Crippen LogP contribution is -2.37. The van der Waals surface area contributed by atoms with Crippen molar-refractivity contribution in [3.05, 3.63) is 237 Å². The second kappa shape index (κ2) is 34.4. The number of hydrogen-bond acceptors (Lipinski definition) is 17. The van der Waals surface area contributed by atoms with Gasteiger partial charge in [0.15, 0.2) is 0 Å². The molecule has 15 aromatic rings.